The number of hydrogen-bond acceptors (Lipinski definition) is 9. The van der Waals surface area contributed by atoms with Gasteiger partial charge in [0.2, 0.25) is 0 Å². The van der Waals surface area contributed by atoms with Crippen molar-refractivity contribution in [2.24, 2.45) is 0 Å². The fourth-order valence-electron chi connectivity index (χ4n) is 1.50. The maximum absolute atomic E-state index is 8.50. The summed E-state index contributed by atoms with van der Waals surface area (Å²) in [6.07, 6.45) is 0. The van der Waals surface area contributed by atoms with Gasteiger partial charge in [-0.3, -0.25) is 0 Å². The molecule has 0 saturated carbocycles. The minimum absolute atomic E-state index is 0. The van der Waals surface area contributed by atoms with E-state index in [4.69, 9.17) is 50.6 Å². The molecule has 0 heterocycles. The molecule has 0 bridgehead atoms. The van der Waals surface area contributed by atoms with Crippen LogP contribution in [0.2, 0.25) is 52.4 Å². The van der Waals surface area contributed by atoms with Crippen LogP contribution in [-0.2, 0) is 54.4 Å². The first-order valence-electron chi connectivity index (χ1n) is 6.80. The predicted octanol–water partition coefficient (Wildman–Crippen LogP) is 2.06. The molecule has 0 aromatic heterocycles. The summed E-state index contributed by atoms with van der Waals surface area (Å²) >= 11 is -2.00. The Hall–Kier alpha value is -0.0927. The fraction of sp³-hybridized carbons (Fsp3) is 1.00. The van der Waals surface area contributed by atoms with Crippen LogP contribution in [0.4, 0.5) is 0 Å². The van der Waals surface area contributed by atoms with Crippen molar-refractivity contribution in [2.75, 3.05) is 7.11 Å². The Morgan fingerprint density at radius 2 is 0.852 bits per heavy atom. The molecule has 3 N–H and O–H groups in total. The molecular weight excluding hydrogens is 551 g/mol. The maximum atomic E-state index is 8.50. The summed E-state index contributed by atoms with van der Waals surface area (Å²) in [5, 5.41) is 34.3. The molecular formula is C9H30N2O11PdSi3Ti. The molecule has 0 atom stereocenters. The van der Waals surface area contributed by atoms with E-state index in [1.54, 1.807) is 0 Å². The first-order valence-corrected chi connectivity index (χ1v) is 17.7. The number of nitrogens with zero attached hydrogens (tertiary/aromatic N) is 2. The van der Waals surface area contributed by atoms with Crippen LogP contribution < -0.4 is 0 Å². The molecule has 0 saturated heterocycles. The van der Waals surface area contributed by atoms with Gasteiger partial charge in [-0.05, 0) is 52.4 Å². The van der Waals surface area contributed by atoms with Gasteiger partial charge in [0.1, 0.15) is 0 Å². The van der Waals surface area contributed by atoms with Gasteiger partial charge in [0.25, 0.3) is 10.2 Å². The van der Waals surface area contributed by atoms with Crippen LogP contribution in [0.25, 0.3) is 0 Å². The van der Waals surface area contributed by atoms with E-state index in [0.717, 1.165) is 7.11 Å². The van der Waals surface area contributed by atoms with Gasteiger partial charge in [0, 0.05) is 27.5 Å². The smallest absolute Gasteiger partial charge is 0 e. The minimum Gasteiger partial charge on any atom is 0 e. The average molecular weight is 581 g/mol. The number of hydrogen-bond donors (Lipinski definition) is 3. The molecule has 0 rings (SSSR count). The molecule has 0 aliphatic carbocycles. The summed E-state index contributed by atoms with van der Waals surface area (Å²) in [5.74, 6) is 0. The van der Waals surface area contributed by atoms with Gasteiger partial charge < -0.3 is 23.8 Å². The van der Waals surface area contributed by atoms with Crippen LogP contribution in [0.1, 0.15) is 0 Å². The van der Waals surface area contributed by atoms with E-state index in [9.17, 15) is 0 Å². The van der Waals surface area contributed by atoms with E-state index < -0.39 is 54.5 Å². The van der Waals surface area contributed by atoms with Crippen molar-refractivity contribution < 1.29 is 80.1 Å². The fourth-order valence-corrected chi connectivity index (χ4v) is 13.8. The Kier molecular flexibility index (Phi) is 34.0. The molecule has 18 heteroatoms. The quantitative estimate of drug-likeness (QED) is 0.250. The van der Waals surface area contributed by atoms with E-state index in [2.05, 4.69) is 52.4 Å². The van der Waals surface area contributed by atoms with Crippen LogP contribution in [0, 0.1) is 20.2 Å². The van der Waals surface area contributed by atoms with Crippen molar-refractivity contribution in [3.8, 4) is 0 Å². The average Bonchev–Trinajstić information content (AvgIpc) is 2.23. The SMILES string of the molecule is CO.C[Si](C)(C)O[Si](C)(C)O[Si](C)(C)C.O=[N+]([O-])O.O=[N+]([O-])O.[O]=[Ti]=[O].[Pd]. The Morgan fingerprint density at radius 1 is 0.741 bits per heavy atom. The zero-order valence-corrected chi connectivity index (χ0v) is 22.9. The Labute approximate surface area is 184 Å². The number of rotatable bonds is 4. The zero-order chi connectivity index (χ0) is 22.8. The summed E-state index contributed by atoms with van der Waals surface area (Å²) in [4.78, 5) is 16.7. The van der Waals surface area contributed by atoms with Gasteiger partial charge in [0.05, 0.1) is 0 Å². The van der Waals surface area contributed by atoms with Crippen LogP contribution in [0.5, 0.6) is 0 Å². The van der Waals surface area contributed by atoms with Crippen LogP contribution in [0.15, 0.2) is 0 Å². The van der Waals surface area contributed by atoms with E-state index in [1.807, 2.05) is 0 Å². The topological polar surface area (TPSA) is 200 Å². The molecule has 27 heavy (non-hydrogen) atoms. The monoisotopic (exact) mass is 580 g/mol. The summed E-state index contributed by atoms with van der Waals surface area (Å²) in [6.45, 7) is 17.6. The molecule has 0 aliphatic rings. The second-order valence-electron chi connectivity index (χ2n) is 6.39. The Balaban J connectivity index is -0.0000000652. The minimum atomic E-state index is -2.00. The maximum Gasteiger partial charge on any atom is 0 e. The van der Waals surface area contributed by atoms with E-state index in [1.165, 1.54) is 0 Å². The van der Waals surface area contributed by atoms with Gasteiger partial charge >= 0.3 is 34.3 Å². The third-order valence-corrected chi connectivity index (χ3v) is 9.94. The van der Waals surface area contributed by atoms with Gasteiger partial charge in [-0.15, -0.1) is 20.2 Å². The molecule has 0 amide bonds. The number of aliphatic hydroxyl groups excluding tert-OH is 1. The third-order valence-electron chi connectivity index (χ3n) is 1.10. The van der Waals surface area contributed by atoms with Gasteiger partial charge in [-0.2, -0.15) is 0 Å². The molecule has 0 radical (unpaired) electrons. The first kappa shape index (κ1) is 41.3. The van der Waals surface area contributed by atoms with Crippen LogP contribution in [0.3, 0.4) is 0 Å². The second kappa shape index (κ2) is 22.2. The van der Waals surface area contributed by atoms with E-state index in [-0.39, 0.29) is 20.4 Å². The molecule has 0 fully saturated rings. The second-order valence-corrected chi connectivity index (χ2v) is 19.5. The van der Waals surface area contributed by atoms with E-state index in [0.29, 0.717) is 0 Å². The first-order chi connectivity index (χ1) is 11.3. The van der Waals surface area contributed by atoms with Crippen LogP contribution >= 0.6 is 0 Å². The van der Waals surface area contributed by atoms with Crippen molar-refractivity contribution >= 4 is 25.2 Å². The summed E-state index contributed by atoms with van der Waals surface area (Å²) < 4.78 is 29.2. The molecule has 0 spiro atoms. The van der Waals surface area contributed by atoms with Crippen LogP contribution in [-0.4, -0.2) is 58.0 Å². The van der Waals surface area contributed by atoms with Gasteiger partial charge in [-0.25, -0.2) is 0 Å². The van der Waals surface area contributed by atoms with Crippen molar-refractivity contribution in [3.05, 3.63) is 20.2 Å². The van der Waals surface area contributed by atoms with Crippen molar-refractivity contribution in [1.29, 1.82) is 0 Å². The molecule has 13 nitrogen and oxygen atoms in total. The molecule has 0 unspecified atom stereocenters. The van der Waals surface area contributed by atoms with E-state index >= 15 is 0 Å². The summed E-state index contributed by atoms with van der Waals surface area (Å²) in [6, 6.07) is 0. The van der Waals surface area contributed by atoms with Crippen molar-refractivity contribution in [3.63, 3.8) is 0 Å². The normalized spacial score (nSPS) is 9.41. The Morgan fingerprint density at radius 3 is 0.926 bits per heavy atom. The predicted molar refractivity (Wildman–Crippen MR) is 93.4 cm³/mol. The zero-order valence-electron chi connectivity index (χ0n) is 16.8. The summed E-state index contributed by atoms with van der Waals surface area (Å²) in [5.41, 5.74) is 0. The third kappa shape index (κ3) is 104. The van der Waals surface area contributed by atoms with Gasteiger partial charge in [-0.1, -0.05) is 0 Å². The van der Waals surface area contributed by atoms with Crippen molar-refractivity contribution in [2.45, 2.75) is 52.4 Å². The Bertz CT molecular complexity index is 375. The largest absolute Gasteiger partial charge is 0 e. The molecule has 0 aliphatic heterocycles. The summed E-state index contributed by atoms with van der Waals surface area (Å²) in [7, 11) is -3.72. The standard InChI is InChI=1S/C8H24O2Si3.CH4O.2HNO3.2O.Pd.Ti/c1-11(2,3)9-13(7,8)10-12(4,5)6;1-2;2*2-1(3)4;;;;/h1-8H3;2H,1H3;2*(H,2,3,4);;;;. The molecule has 0 aromatic carbocycles. The van der Waals surface area contributed by atoms with Crippen molar-refractivity contribution in [1.82, 2.24) is 0 Å². The molecule has 0 aromatic rings. The molecule has 168 valence electrons. The number of aliphatic hydroxyl groups is 1. The van der Waals surface area contributed by atoms with Gasteiger partial charge in [0.15, 0.2) is 16.6 Å².